The Morgan fingerprint density at radius 3 is 2.17 bits per heavy atom. The maximum atomic E-state index is 11.6. The Morgan fingerprint density at radius 2 is 1.78 bits per heavy atom. The summed E-state index contributed by atoms with van der Waals surface area (Å²) in [7, 11) is 4.69. The smallest absolute Gasteiger partial charge is 0.317 e. The molecule has 1 unspecified atom stereocenters. The molecule has 0 heterocycles. The first-order valence-corrected chi connectivity index (χ1v) is 5.71. The number of carboxylic acid groups (broad SMARTS) is 1. The SMILES string of the molecule is CCC(CNC(=O)N(C)CC(=O)N(C)C)C(=O)O. The summed E-state index contributed by atoms with van der Waals surface area (Å²) >= 11 is 0. The molecular weight excluding hydrogens is 238 g/mol. The molecule has 0 aliphatic heterocycles. The van der Waals surface area contributed by atoms with Crippen molar-refractivity contribution < 1.29 is 19.5 Å². The van der Waals surface area contributed by atoms with Crippen molar-refractivity contribution >= 4 is 17.9 Å². The summed E-state index contributed by atoms with van der Waals surface area (Å²) in [5.74, 6) is -1.74. The van der Waals surface area contributed by atoms with Crippen LogP contribution in [0.1, 0.15) is 13.3 Å². The first-order valence-electron chi connectivity index (χ1n) is 5.71. The van der Waals surface area contributed by atoms with Crippen molar-refractivity contribution in [2.45, 2.75) is 13.3 Å². The van der Waals surface area contributed by atoms with E-state index < -0.39 is 17.9 Å². The van der Waals surface area contributed by atoms with Gasteiger partial charge in [0.2, 0.25) is 5.91 Å². The fraction of sp³-hybridized carbons (Fsp3) is 0.727. The van der Waals surface area contributed by atoms with Gasteiger partial charge in [-0.25, -0.2) is 4.79 Å². The largest absolute Gasteiger partial charge is 0.481 e. The van der Waals surface area contributed by atoms with Crippen LogP contribution in [0.3, 0.4) is 0 Å². The second-order valence-electron chi connectivity index (χ2n) is 4.27. The van der Waals surface area contributed by atoms with Gasteiger partial charge in [-0.1, -0.05) is 6.92 Å². The lowest BCUT2D eigenvalue weighted by molar-refractivity contribution is -0.141. The summed E-state index contributed by atoms with van der Waals surface area (Å²) < 4.78 is 0. The number of hydrogen-bond acceptors (Lipinski definition) is 3. The zero-order valence-corrected chi connectivity index (χ0v) is 11.3. The summed E-state index contributed by atoms with van der Waals surface area (Å²) in [4.78, 5) is 36.3. The Kier molecular flexibility index (Phi) is 6.77. The number of carbonyl (C=O) groups excluding carboxylic acids is 2. The van der Waals surface area contributed by atoms with E-state index in [2.05, 4.69) is 5.32 Å². The van der Waals surface area contributed by atoms with Crippen LogP contribution < -0.4 is 5.32 Å². The van der Waals surface area contributed by atoms with Crippen LogP contribution in [0, 0.1) is 5.92 Å². The average molecular weight is 259 g/mol. The van der Waals surface area contributed by atoms with E-state index in [9.17, 15) is 14.4 Å². The van der Waals surface area contributed by atoms with E-state index in [1.165, 1.54) is 16.8 Å². The molecule has 104 valence electrons. The first kappa shape index (κ1) is 16.2. The monoisotopic (exact) mass is 259 g/mol. The summed E-state index contributed by atoms with van der Waals surface area (Å²) in [6, 6.07) is -0.454. The molecule has 18 heavy (non-hydrogen) atoms. The summed E-state index contributed by atoms with van der Waals surface area (Å²) in [6.07, 6.45) is 0.440. The molecule has 0 radical (unpaired) electrons. The molecular formula is C11H21N3O4. The minimum atomic E-state index is -0.940. The van der Waals surface area contributed by atoms with Crippen molar-refractivity contribution in [1.82, 2.24) is 15.1 Å². The number of likely N-dealkylation sites (N-methyl/N-ethyl adjacent to an activating group) is 2. The predicted octanol–water partition coefficient (Wildman–Crippen LogP) is -0.173. The van der Waals surface area contributed by atoms with Crippen LogP contribution in [-0.4, -0.2) is 67.0 Å². The van der Waals surface area contributed by atoms with Gasteiger partial charge in [0.05, 0.1) is 5.92 Å². The zero-order valence-electron chi connectivity index (χ0n) is 11.3. The number of hydrogen-bond donors (Lipinski definition) is 2. The van der Waals surface area contributed by atoms with Crippen molar-refractivity contribution in [3.63, 3.8) is 0 Å². The minimum Gasteiger partial charge on any atom is -0.481 e. The number of rotatable bonds is 6. The molecule has 0 aromatic heterocycles. The van der Waals surface area contributed by atoms with Crippen molar-refractivity contribution in [3.8, 4) is 0 Å². The number of nitrogens with one attached hydrogen (secondary N) is 1. The predicted molar refractivity (Wildman–Crippen MR) is 66.1 cm³/mol. The van der Waals surface area contributed by atoms with Gasteiger partial charge in [-0.15, -0.1) is 0 Å². The standard InChI is InChI=1S/C11H21N3O4/c1-5-8(10(16)17)6-12-11(18)14(4)7-9(15)13(2)3/h8H,5-7H2,1-4H3,(H,12,18)(H,16,17). The molecule has 0 aliphatic carbocycles. The van der Waals surface area contributed by atoms with Crippen LogP contribution in [-0.2, 0) is 9.59 Å². The van der Waals surface area contributed by atoms with Crippen molar-refractivity contribution in [1.29, 1.82) is 0 Å². The maximum absolute atomic E-state index is 11.6. The van der Waals surface area contributed by atoms with Gasteiger partial charge in [0.1, 0.15) is 6.54 Å². The van der Waals surface area contributed by atoms with E-state index >= 15 is 0 Å². The molecule has 0 aliphatic rings. The molecule has 0 saturated carbocycles. The summed E-state index contributed by atoms with van der Waals surface area (Å²) in [5.41, 5.74) is 0. The molecule has 7 heteroatoms. The molecule has 0 aromatic rings. The first-order chi connectivity index (χ1) is 8.29. The average Bonchev–Trinajstić information content (AvgIpc) is 2.28. The number of aliphatic carboxylic acids is 1. The number of carboxylic acids is 1. The second-order valence-corrected chi connectivity index (χ2v) is 4.27. The number of urea groups is 1. The van der Waals surface area contributed by atoms with Crippen LogP contribution in [0.5, 0.6) is 0 Å². The normalized spacial score (nSPS) is 11.6. The third kappa shape index (κ3) is 5.51. The molecule has 0 bridgehead atoms. The van der Waals surface area contributed by atoms with Crippen molar-refractivity contribution in [2.75, 3.05) is 34.2 Å². The number of amides is 3. The van der Waals surface area contributed by atoms with E-state index in [0.29, 0.717) is 6.42 Å². The lowest BCUT2D eigenvalue weighted by Gasteiger charge is -2.20. The van der Waals surface area contributed by atoms with Gasteiger partial charge in [0.15, 0.2) is 0 Å². The van der Waals surface area contributed by atoms with Gasteiger partial charge in [-0.3, -0.25) is 9.59 Å². The third-order valence-electron chi connectivity index (χ3n) is 2.56. The Hall–Kier alpha value is -1.79. The highest BCUT2D eigenvalue weighted by molar-refractivity contribution is 5.83. The highest BCUT2D eigenvalue weighted by Crippen LogP contribution is 2.00. The highest BCUT2D eigenvalue weighted by atomic mass is 16.4. The molecule has 0 rings (SSSR count). The van der Waals surface area contributed by atoms with E-state index in [-0.39, 0.29) is 19.0 Å². The number of carbonyl (C=O) groups is 3. The van der Waals surface area contributed by atoms with Crippen molar-refractivity contribution in [3.05, 3.63) is 0 Å². The van der Waals surface area contributed by atoms with Crippen LogP contribution in [0.4, 0.5) is 4.79 Å². The van der Waals surface area contributed by atoms with Crippen molar-refractivity contribution in [2.24, 2.45) is 5.92 Å². The summed E-state index contributed by atoms with van der Waals surface area (Å²) in [5, 5.41) is 11.3. The lowest BCUT2D eigenvalue weighted by atomic mass is 10.1. The molecule has 2 N–H and O–H groups in total. The van der Waals surface area contributed by atoms with Crippen LogP contribution >= 0.6 is 0 Å². The molecule has 0 spiro atoms. The van der Waals surface area contributed by atoms with Gasteiger partial charge in [-0.05, 0) is 6.42 Å². The van der Waals surface area contributed by atoms with E-state index in [4.69, 9.17) is 5.11 Å². The fourth-order valence-electron chi connectivity index (χ4n) is 1.17. The Balaban J connectivity index is 4.16. The molecule has 7 nitrogen and oxygen atoms in total. The van der Waals surface area contributed by atoms with Gasteiger partial charge in [0, 0.05) is 27.7 Å². The highest BCUT2D eigenvalue weighted by Gasteiger charge is 2.18. The fourth-order valence-corrected chi connectivity index (χ4v) is 1.17. The Morgan fingerprint density at radius 1 is 1.22 bits per heavy atom. The molecule has 0 aromatic carbocycles. The van der Waals surface area contributed by atoms with Gasteiger partial charge in [0.25, 0.3) is 0 Å². The van der Waals surface area contributed by atoms with E-state index in [1.54, 1.807) is 21.0 Å². The van der Waals surface area contributed by atoms with Gasteiger partial charge >= 0.3 is 12.0 Å². The summed E-state index contributed by atoms with van der Waals surface area (Å²) in [6.45, 7) is 1.76. The van der Waals surface area contributed by atoms with Crippen LogP contribution in [0.2, 0.25) is 0 Å². The van der Waals surface area contributed by atoms with E-state index in [1.807, 2.05) is 0 Å². The Bertz CT molecular complexity index is 317. The number of nitrogens with zero attached hydrogens (tertiary/aromatic N) is 2. The second kappa shape index (κ2) is 7.52. The zero-order chi connectivity index (χ0) is 14.3. The van der Waals surface area contributed by atoms with Gasteiger partial charge < -0.3 is 20.2 Å². The third-order valence-corrected chi connectivity index (χ3v) is 2.56. The molecule has 1 atom stereocenters. The molecule has 0 fully saturated rings. The lowest BCUT2D eigenvalue weighted by Crippen LogP contribution is -2.44. The Labute approximate surface area is 107 Å². The van der Waals surface area contributed by atoms with Crippen LogP contribution in [0.15, 0.2) is 0 Å². The van der Waals surface area contributed by atoms with Gasteiger partial charge in [-0.2, -0.15) is 0 Å². The quantitative estimate of drug-likeness (QED) is 0.693. The van der Waals surface area contributed by atoms with Crippen LogP contribution in [0.25, 0.3) is 0 Å². The maximum Gasteiger partial charge on any atom is 0.317 e. The molecule has 0 saturated heterocycles. The topological polar surface area (TPSA) is 90.0 Å². The minimum absolute atomic E-state index is 0.0390. The van der Waals surface area contributed by atoms with E-state index in [0.717, 1.165) is 0 Å². The molecule has 3 amide bonds.